The molecule has 0 aromatic heterocycles. The van der Waals surface area contributed by atoms with E-state index in [-0.39, 0.29) is 17.1 Å². The maximum Gasteiger partial charge on any atom is 0.314 e. The fourth-order valence-corrected chi connectivity index (χ4v) is 4.82. The summed E-state index contributed by atoms with van der Waals surface area (Å²) in [6.07, 6.45) is 0.783. The summed E-state index contributed by atoms with van der Waals surface area (Å²) in [7, 11) is -3.65. The predicted octanol–water partition coefficient (Wildman–Crippen LogP) is 1.60. The third-order valence-corrected chi connectivity index (χ3v) is 6.40. The molecule has 1 N–H and O–H groups in total. The summed E-state index contributed by atoms with van der Waals surface area (Å²) < 4.78 is 32.7. The number of morpholine rings is 1. The topological polar surface area (TPSA) is 83.9 Å². The molecule has 6 nitrogen and oxygen atoms in total. The van der Waals surface area contributed by atoms with Crippen LogP contribution in [0.5, 0.6) is 0 Å². The van der Waals surface area contributed by atoms with E-state index in [1.165, 1.54) is 16.4 Å². The molecule has 1 aliphatic heterocycles. The fraction of sp³-hybridized carbons (Fsp3) is 0.562. The first-order valence-electron chi connectivity index (χ1n) is 7.75. The highest BCUT2D eigenvalue weighted by Gasteiger charge is 2.52. The summed E-state index contributed by atoms with van der Waals surface area (Å²) >= 11 is 0. The molecule has 1 aromatic rings. The van der Waals surface area contributed by atoms with Gasteiger partial charge in [0.1, 0.15) is 0 Å². The molecule has 0 bridgehead atoms. The van der Waals surface area contributed by atoms with Crippen LogP contribution in [0.4, 0.5) is 0 Å². The minimum absolute atomic E-state index is 0.156. The van der Waals surface area contributed by atoms with Crippen molar-refractivity contribution in [3.63, 3.8) is 0 Å². The molecule has 0 radical (unpaired) electrons. The smallest absolute Gasteiger partial charge is 0.314 e. The van der Waals surface area contributed by atoms with E-state index in [9.17, 15) is 18.3 Å². The van der Waals surface area contributed by atoms with Crippen LogP contribution in [0.3, 0.4) is 0 Å². The van der Waals surface area contributed by atoms with E-state index in [0.29, 0.717) is 31.5 Å². The van der Waals surface area contributed by atoms with Crippen LogP contribution in [0.15, 0.2) is 29.2 Å². The summed E-state index contributed by atoms with van der Waals surface area (Å²) in [4.78, 5) is 11.6. The Morgan fingerprint density at radius 1 is 1.26 bits per heavy atom. The Morgan fingerprint density at radius 2 is 1.87 bits per heavy atom. The Bertz CT molecular complexity index is 716. The monoisotopic (exact) mass is 339 g/mol. The molecule has 0 spiro atoms. The standard InChI is InChI=1S/C16H21NO5S/c1-11-9-17(10-12(2)22-11)23(20,21)14-5-3-4-13(8-14)16(6-7-16)15(18)19/h3-5,8,11-12H,6-7,9-10H2,1-2H3,(H,18,19)/t11-,12+. The van der Waals surface area contributed by atoms with Crippen molar-refractivity contribution in [2.75, 3.05) is 13.1 Å². The van der Waals surface area contributed by atoms with Crippen LogP contribution < -0.4 is 0 Å². The number of carboxylic acid groups (broad SMARTS) is 1. The normalized spacial score (nSPS) is 27.6. The Morgan fingerprint density at radius 3 is 2.39 bits per heavy atom. The Kier molecular flexibility index (Phi) is 3.98. The minimum atomic E-state index is -3.65. The number of nitrogens with zero attached hydrogens (tertiary/aromatic N) is 1. The van der Waals surface area contributed by atoms with Crippen LogP contribution in [-0.2, 0) is 25.0 Å². The summed E-state index contributed by atoms with van der Waals surface area (Å²) in [5, 5.41) is 9.39. The lowest BCUT2D eigenvalue weighted by molar-refractivity contribution is -0.140. The zero-order chi connectivity index (χ0) is 16.8. The summed E-state index contributed by atoms with van der Waals surface area (Å²) in [6, 6.07) is 6.37. The molecule has 1 saturated heterocycles. The zero-order valence-electron chi connectivity index (χ0n) is 13.2. The van der Waals surface area contributed by atoms with E-state index in [4.69, 9.17) is 4.74 Å². The number of aliphatic carboxylic acids is 1. The number of hydrogen-bond donors (Lipinski definition) is 1. The Labute approximate surface area is 136 Å². The van der Waals surface area contributed by atoms with Gasteiger partial charge in [-0.3, -0.25) is 4.79 Å². The van der Waals surface area contributed by atoms with Crippen LogP contribution in [0.1, 0.15) is 32.3 Å². The van der Waals surface area contributed by atoms with Gasteiger partial charge in [-0.2, -0.15) is 4.31 Å². The summed E-state index contributed by atoms with van der Waals surface area (Å²) in [6.45, 7) is 4.30. The number of sulfonamides is 1. The first kappa shape index (κ1) is 16.4. The number of rotatable bonds is 4. The number of hydrogen-bond acceptors (Lipinski definition) is 4. The number of ether oxygens (including phenoxy) is 1. The highest BCUT2D eigenvalue weighted by Crippen LogP contribution is 2.48. The molecule has 0 unspecified atom stereocenters. The molecule has 7 heteroatoms. The van der Waals surface area contributed by atoms with E-state index in [1.807, 2.05) is 13.8 Å². The van der Waals surface area contributed by atoms with Crippen molar-refractivity contribution in [2.45, 2.75) is 49.2 Å². The maximum atomic E-state index is 12.9. The molecule has 126 valence electrons. The molecule has 3 rings (SSSR count). The zero-order valence-corrected chi connectivity index (χ0v) is 14.0. The maximum absolute atomic E-state index is 12.9. The fourth-order valence-electron chi connectivity index (χ4n) is 3.18. The van der Waals surface area contributed by atoms with Gasteiger partial charge in [-0.1, -0.05) is 12.1 Å². The van der Waals surface area contributed by atoms with Crippen molar-refractivity contribution in [1.82, 2.24) is 4.31 Å². The second-order valence-corrected chi connectivity index (χ2v) is 8.43. The van der Waals surface area contributed by atoms with Crippen molar-refractivity contribution >= 4 is 16.0 Å². The highest BCUT2D eigenvalue weighted by atomic mass is 32.2. The van der Waals surface area contributed by atoms with Crippen LogP contribution in [0.2, 0.25) is 0 Å². The summed E-state index contributed by atoms with van der Waals surface area (Å²) in [5.41, 5.74) is -0.336. The quantitative estimate of drug-likeness (QED) is 0.901. The Balaban J connectivity index is 1.93. The lowest BCUT2D eigenvalue weighted by atomic mass is 9.96. The molecule has 2 fully saturated rings. The van der Waals surface area contributed by atoms with Gasteiger partial charge in [0.05, 0.1) is 22.5 Å². The number of carboxylic acids is 1. The molecule has 1 aliphatic carbocycles. The van der Waals surface area contributed by atoms with Gasteiger partial charge in [-0.05, 0) is 44.4 Å². The van der Waals surface area contributed by atoms with Crippen molar-refractivity contribution in [1.29, 1.82) is 0 Å². The largest absolute Gasteiger partial charge is 0.481 e. The molecule has 23 heavy (non-hydrogen) atoms. The average Bonchev–Trinajstić information content (AvgIpc) is 3.28. The summed E-state index contributed by atoms with van der Waals surface area (Å²) in [5.74, 6) is -0.888. The predicted molar refractivity (Wildman–Crippen MR) is 83.8 cm³/mol. The van der Waals surface area contributed by atoms with Crippen molar-refractivity contribution < 1.29 is 23.1 Å². The van der Waals surface area contributed by atoms with Gasteiger partial charge in [-0.25, -0.2) is 8.42 Å². The Hall–Kier alpha value is -1.44. The minimum Gasteiger partial charge on any atom is -0.481 e. The first-order valence-corrected chi connectivity index (χ1v) is 9.19. The van der Waals surface area contributed by atoms with E-state index in [2.05, 4.69) is 0 Å². The van der Waals surface area contributed by atoms with Crippen LogP contribution in [-0.4, -0.2) is 49.1 Å². The molecule has 0 amide bonds. The van der Waals surface area contributed by atoms with E-state index >= 15 is 0 Å². The molecular formula is C16H21NO5S. The van der Waals surface area contributed by atoms with Gasteiger partial charge in [0, 0.05) is 13.1 Å². The lowest BCUT2D eigenvalue weighted by Gasteiger charge is -2.34. The molecule has 1 saturated carbocycles. The van der Waals surface area contributed by atoms with Crippen LogP contribution in [0.25, 0.3) is 0 Å². The van der Waals surface area contributed by atoms with Crippen molar-refractivity contribution in [2.24, 2.45) is 0 Å². The third-order valence-electron chi connectivity index (χ3n) is 4.57. The van der Waals surface area contributed by atoms with E-state index in [1.54, 1.807) is 12.1 Å². The van der Waals surface area contributed by atoms with Gasteiger partial charge in [-0.15, -0.1) is 0 Å². The number of benzene rings is 1. The van der Waals surface area contributed by atoms with Crippen LogP contribution in [0, 0.1) is 0 Å². The second kappa shape index (κ2) is 5.58. The molecule has 2 aliphatic rings. The van der Waals surface area contributed by atoms with Crippen molar-refractivity contribution in [3.05, 3.63) is 29.8 Å². The molecular weight excluding hydrogens is 318 g/mol. The average molecular weight is 339 g/mol. The van der Waals surface area contributed by atoms with E-state index < -0.39 is 21.4 Å². The van der Waals surface area contributed by atoms with Gasteiger partial charge >= 0.3 is 5.97 Å². The van der Waals surface area contributed by atoms with Crippen molar-refractivity contribution in [3.8, 4) is 0 Å². The van der Waals surface area contributed by atoms with Gasteiger partial charge in [0.25, 0.3) is 0 Å². The SMILES string of the molecule is C[C@@H]1CN(S(=O)(=O)c2cccc(C3(C(=O)O)CC3)c2)C[C@H](C)O1. The number of carbonyl (C=O) groups is 1. The highest BCUT2D eigenvalue weighted by molar-refractivity contribution is 7.89. The molecule has 1 aromatic carbocycles. The van der Waals surface area contributed by atoms with Gasteiger partial charge in [0.15, 0.2) is 0 Å². The lowest BCUT2D eigenvalue weighted by Crippen LogP contribution is -2.48. The first-order chi connectivity index (χ1) is 10.8. The second-order valence-electron chi connectivity index (χ2n) is 6.49. The van der Waals surface area contributed by atoms with Gasteiger partial charge < -0.3 is 9.84 Å². The third kappa shape index (κ3) is 2.88. The van der Waals surface area contributed by atoms with E-state index in [0.717, 1.165) is 0 Å². The van der Waals surface area contributed by atoms with Crippen LogP contribution >= 0.6 is 0 Å². The molecule has 2 atom stereocenters. The molecule has 1 heterocycles. The van der Waals surface area contributed by atoms with Gasteiger partial charge in [0.2, 0.25) is 10.0 Å².